The first-order chi connectivity index (χ1) is 6.56. The van der Waals surface area contributed by atoms with Gasteiger partial charge in [0.15, 0.2) is 0 Å². The first-order valence-electron chi connectivity index (χ1n) is 3.42. The van der Waals surface area contributed by atoms with Gasteiger partial charge in [0.25, 0.3) is 12.1 Å². The zero-order valence-electron chi connectivity index (χ0n) is 7.05. The first kappa shape index (κ1) is 10.1. The van der Waals surface area contributed by atoms with Gasteiger partial charge in [0.05, 0.1) is 7.11 Å². The third-order valence-electron chi connectivity index (χ3n) is 1.31. The molecule has 14 heavy (non-hydrogen) atoms. The Hall–Kier alpha value is -1.99. The number of carbonyl (C=O) groups excluding carboxylic acids is 1. The summed E-state index contributed by atoms with van der Waals surface area (Å²) >= 11 is 0. The highest BCUT2D eigenvalue weighted by molar-refractivity contribution is 5.84. The van der Waals surface area contributed by atoms with Crippen molar-refractivity contribution in [2.45, 2.75) is 6.30 Å². The summed E-state index contributed by atoms with van der Waals surface area (Å²) in [5, 5.41) is 11.5. The Labute approximate surface area is 77.1 Å². The number of rotatable bonds is 3. The fourth-order valence-corrected chi connectivity index (χ4v) is 0.682. The molecule has 8 heteroatoms. The topological polar surface area (TPSA) is 94.3 Å². The number of alkyl halides is 1. The molecule has 0 fully saturated rings. The lowest BCUT2D eigenvalue weighted by atomic mass is 10.6. The van der Waals surface area contributed by atoms with Gasteiger partial charge in [-0.2, -0.15) is 0 Å². The summed E-state index contributed by atoms with van der Waals surface area (Å²) in [6.07, 6.45) is -1.56. The van der Waals surface area contributed by atoms with E-state index in [4.69, 9.17) is 5.11 Å². The van der Waals surface area contributed by atoms with Crippen molar-refractivity contribution in [3.63, 3.8) is 0 Å². The van der Waals surface area contributed by atoms with Gasteiger partial charge in [-0.15, -0.1) is 5.10 Å². The van der Waals surface area contributed by atoms with E-state index in [1.165, 1.54) is 0 Å². The molecule has 0 spiro atoms. The Bertz CT molecular complexity index is 364. The highest BCUT2D eigenvalue weighted by Crippen LogP contribution is 2.06. The molecule has 0 bridgehead atoms. The highest BCUT2D eigenvalue weighted by atomic mass is 19.1. The number of halogens is 1. The molecule has 76 valence electrons. The van der Waals surface area contributed by atoms with Crippen molar-refractivity contribution in [1.82, 2.24) is 14.8 Å². The Morgan fingerprint density at radius 1 is 1.71 bits per heavy atom. The zero-order chi connectivity index (χ0) is 10.7. The van der Waals surface area contributed by atoms with Crippen LogP contribution in [0.25, 0.3) is 0 Å². The summed E-state index contributed by atoms with van der Waals surface area (Å²) in [5.74, 6) is -2.97. The number of nitrogens with zero attached hydrogens (tertiary/aromatic N) is 3. The largest absolute Gasteiger partial charge is 0.478 e. The minimum atomic E-state index is -2.36. The number of hydrogen-bond acceptors (Lipinski definition) is 5. The van der Waals surface area contributed by atoms with E-state index < -0.39 is 24.1 Å². The van der Waals surface area contributed by atoms with E-state index in [9.17, 15) is 14.0 Å². The van der Waals surface area contributed by atoms with E-state index in [1.54, 1.807) is 0 Å². The van der Waals surface area contributed by atoms with Crippen LogP contribution in [-0.4, -0.2) is 38.9 Å². The fourth-order valence-electron chi connectivity index (χ4n) is 0.682. The van der Waals surface area contributed by atoms with Gasteiger partial charge >= 0.3 is 11.9 Å². The quantitative estimate of drug-likeness (QED) is 0.672. The van der Waals surface area contributed by atoms with Gasteiger partial charge in [-0.05, 0) is 0 Å². The molecule has 0 saturated heterocycles. The average Bonchev–Trinajstić information content (AvgIpc) is 2.64. The molecule has 1 N–H and O–H groups in total. The lowest BCUT2D eigenvalue weighted by Crippen LogP contribution is -2.15. The summed E-state index contributed by atoms with van der Waals surface area (Å²) in [6, 6.07) is 0. The summed E-state index contributed by atoms with van der Waals surface area (Å²) in [5.41, 5.74) is 0. The van der Waals surface area contributed by atoms with Crippen molar-refractivity contribution in [3.8, 4) is 0 Å². The second kappa shape index (κ2) is 3.81. The van der Waals surface area contributed by atoms with Crippen LogP contribution >= 0.6 is 0 Å². The Kier molecular flexibility index (Phi) is 2.75. The molecule has 0 radical (unpaired) electrons. The van der Waals surface area contributed by atoms with E-state index in [-0.39, 0.29) is 0 Å². The molecule has 0 amide bonds. The lowest BCUT2D eigenvalue weighted by molar-refractivity contribution is -0.146. The third-order valence-corrected chi connectivity index (χ3v) is 1.31. The van der Waals surface area contributed by atoms with Crippen molar-refractivity contribution >= 4 is 11.9 Å². The Balaban J connectivity index is 2.88. The van der Waals surface area contributed by atoms with Crippen LogP contribution in [0.15, 0.2) is 6.33 Å². The number of ether oxygens (including phenoxy) is 1. The molecular formula is C6H6FN3O4. The Morgan fingerprint density at radius 2 is 2.36 bits per heavy atom. The van der Waals surface area contributed by atoms with Crippen molar-refractivity contribution in [1.29, 1.82) is 0 Å². The predicted molar refractivity (Wildman–Crippen MR) is 39.1 cm³/mol. The van der Waals surface area contributed by atoms with E-state index in [1.807, 2.05) is 0 Å². The van der Waals surface area contributed by atoms with Gasteiger partial charge in [-0.25, -0.2) is 23.6 Å². The van der Waals surface area contributed by atoms with Crippen LogP contribution < -0.4 is 0 Å². The average molecular weight is 203 g/mol. The minimum Gasteiger partial charge on any atom is -0.478 e. The lowest BCUT2D eigenvalue weighted by Gasteiger charge is -1.99. The van der Waals surface area contributed by atoms with E-state index >= 15 is 0 Å². The van der Waals surface area contributed by atoms with Crippen LogP contribution in [0.5, 0.6) is 0 Å². The number of carboxylic acids is 1. The second-order valence-electron chi connectivity index (χ2n) is 2.21. The first-order valence-corrected chi connectivity index (χ1v) is 3.42. The molecule has 1 atom stereocenters. The maximum absolute atomic E-state index is 12.7. The van der Waals surface area contributed by atoms with E-state index in [0.29, 0.717) is 4.68 Å². The van der Waals surface area contributed by atoms with Gasteiger partial charge in [0.2, 0.25) is 0 Å². The van der Waals surface area contributed by atoms with Crippen LogP contribution in [0.1, 0.15) is 16.9 Å². The van der Waals surface area contributed by atoms with E-state index in [2.05, 4.69) is 14.8 Å². The molecule has 7 nitrogen and oxygen atoms in total. The molecule has 0 aliphatic carbocycles. The fraction of sp³-hybridized carbons (Fsp3) is 0.333. The van der Waals surface area contributed by atoms with Gasteiger partial charge in [0, 0.05) is 0 Å². The number of hydrogen-bond donors (Lipinski definition) is 1. The molecule has 1 rings (SSSR count). The number of aromatic nitrogens is 3. The van der Waals surface area contributed by atoms with Gasteiger partial charge in [-0.3, -0.25) is 0 Å². The molecule has 1 heterocycles. The zero-order valence-corrected chi connectivity index (χ0v) is 7.05. The van der Waals surface area contributed by atoms with Crippen LogP contribution in [0, 0.1) is 0 Å². The molecule has 0 aliphatic rings. The van der Waals surface area contributed by atoms with Crippen LogP contribution in [0.4, 0.5) is 4.39 Å². The van der Waals surface area contributed by atoms with Crippen LogP contribution in [-0.2, 0) is 9.53 Å². The van der Waals surface area contributed by atoms with Crippen LogP contribution in [0.2, 0.25) is 0 Å². The number of aliphatic carboxylic acids is 1. The summed E-state index contributed by atoms with van der Waals surface area (Å²) < 4.78 is 17.4. The SMILES string of the molecule is COC(=O)c1ncn(C(F)C(=O)O)n1. The smallest absolute Gasteiger partial charge is 0.377 e. The van der Waals surface area contributed by atoms with Gasteiger partial charge < -0.3 is 9.84 Å². The molecule has 0 saturated carbocycles. The van der Waals surface area contributed by atoms with E-state index in [0.717, 1.165) is 13.4 Å². The minimum absolute atomic E-state index is 0.392. The summed E-state index contributed by atoms with van der Waals surface area (Å²) in [7, 11) is 1.10. The maximum Gasteiger partial charge on any atom is 0.377 e. The molecular weight excluding hydrogens is 197 g/mol. The normalized spacial score (nSPS) is 12.1. The standard InChI is InChI=1S/C6H6FN3O4/c1-14-6(13)4-8-2-10(9-4)3(7)5(11)12/h2-3H,1H3,(H,11,12). The van der Waals surface area contributed by atoms with Crippen molar-refractivity contribution in [3.05, 3.63) is 12.2 Å². The predicted octanol–water partition coefficient (Wildman–Crippen LogP) is -0.383. The molecule has 0 aliphatic heterocycles. The Morgan fingerprint density at radius 3 is 2.86 bits per heavy atom. The molecule has 1 unspecified atom stereocenters. The molecule has 1 aromatic rings. The van der Waals surface area contributed by atoms with Gasteiger partial charge in [-0.1, -0.05) is 0 Å². The van der Waals surface area contributed by atoms with Gasteiger partial charge in [0.1, 0.15) is 6.33 Å². The monoisotopic (exact) mass is 203 g/mol. The van der Waals surface area contributed by atoms with Crippen molar-refractivity contribution < 1.29 is 23.8 Å². The maximum atomic E-state index is 12.7. The summed E-state index contributed by atoms with van der Waals surface area (Å²) in [4.78, 5) is 24.3. The number of esters is 1. The number of carbonyl (C=O) groups is 2. The number of methoxy groups -OCH3 is 1. The van der Waals surface area contributed by atoms with Crippen molar-refractivity contribution in [2.75, 3.05) is 7.11 Å². The molecule has 0 aromatic carbocycles. The number of carboxylic acid groups (broad SMARTS) is 1. The molecule has 1 aromatic heterocycles. The van der Waals surface area contributed by atoms with Crippen LogP contribution in [0.3, 0.4) is 0 Å². The third kappa shape index (κ3) is 1.84. The summed E-state index contributed by atoms with van der Waals surface area (Å²) in [6.45, 7) is 0. The second-order valence-corrected chi connectivity index (χ2v) is 2.21. The van der Waals surface area contributed by atoms with Crippen molar-refractivity contribution in [2.24, 2.45) is 0 Å². The highest BCUT2D eigenvalue weighted by Gasteiger charge is 2.21.